The van der Waals surface area contributed by atoms with Gasteiger partial charge in [-0.15, -0.1) is 0 Å². The van der Waals surface area contributed by atoms with Crippen LogP contribution in [0.25, 0.3) is 0 Å². The Morgan fingerprint density at radius 2 is 2.47 bits per heavy atom. The largest absolute Gasteiger partial charge is 0.376 e. The van der Waals surface area contributed by atoms with Crippen LogP contribution in [0, 0.1) is 4.77 Å². The quantitative estimate of drug-likeness (QED) is 0.777. The molecule has 1 saturated heterocycles. The molecule has 2 rings (SSSR count). The van der Waals surface area contributed by atoms with E-state index in [1.165, 1.54) is 12.5 Å². The molecule has 15 heavy (non-hydrogen) atoms. The summed E-state index contributed by atoms with van der Waals surface area (Å²) in [6, 6.07) is 1.48. The first-order valence-corrected chi connectivity index (χ1v) is 5.58. The lowest BCUT2D eigenvalue weighted by Gasteiger charge is -2.23. The van der Waals surface area contributed by atoms with Gasteiger partial charge in [0.15, 0.2) is 4.77 Å². The van der Waals surface area contributed by atoms with Crippen molar-refractivity contribution in [2.75, 3.05) is 6.61 Å². The van der Waals surface area contributed by atoms with E-state index in [-0.39, 0.29) is 11.7 Å². The molecule has 1 fully saturated rings. The maximum absolute atomic E-state index is 11.0. The molecule has 0 radical (unpaired) electrons. The molecule has 0 bridgehead atoms. The predicted molar refractivity (Wildman–Crippen MR) is 59.5 cm³/mol. The minimum atomic E-state index is -0.152. The van der Waals surface area contributed by atoms with Gasteiger partial charge in [0.25, 0.3) is 5.56 Å². The van der Waals surface area contributed by atoms with Crippen LogP contribution in [0.1, 0.15) is 19.3 Å². The molecular formula is C10H14N2O2S. The van der Waals surface area contributed by atoms with Gasteiger partial charge in [0.2, 0.25) is 0 Å². The molecule has 0 aromatic carbocycles. The van der Waals surface area contributed by atoms with Crippen molar-refractivity contribution in [3.63, 3.8) is 0 Å². The third-order valence-electron chi connectivity index (χ3n) is 2.57. The Balaban J connectivity index is 2.09. The fourth-order valence-corrected chi connectivity index (χ4v) is 1.99. The summed E-state index contributed by atoms with van der Waals surface area (Å²) in [5, 5.41) is 0. The van der Waals surface area contributed by atoms with Crippen LogP contribution >= 0.6 is 12.2 Å². The van der Waals surface area contributed by atoms with Gasteiger partial charge in [-0.05, 0) is 31.5 Å². The number of aromatic amines is 1. The summed E-state index contributed by atoms with van der Waals surface area (Å²) in [7, 11) is 0. The third-order valence-corrected chi connectivity index (χ3v) is 2.91. The van der Waals surface area contributed by atoms with Gasteiger partial charge in [0.1, 0.15) is 0 Å². The highest BCUT2D eigenvalue weighted by atomic mass is 32.1. The Morgan fingerprint density at radius 3 is 3.13 bits per heavy atom. The Kier molecular flexibility index (Phi) is 3.33. The molecule has 1 atom stereocenters. The van der Waals surface area contributed by atoms with Gasteiger partial charge in [-0.1, -0.05) is 0 Å². The topological polar surface area (TPSA) is 47.0 Å². The van der Waals surface area contributed by atoms with E-state index < -0.39 is 0 Å². The van der Waals surface area contributed by atoms with Crippen molar-refractivity contribution < 1.29 is 4.74 Å². The number of H-pyrrole nitrogens is 1. The number of nitrogens with zero attached hydrogens (tertiary/aromatic N) is 1. The molecule has 0 spiro atoms. The monoisotopic (exact) mass is 226 g/mol. The second-order valence-corrected chi connectivity index (χ2v) is 4.14. The van der Waals surface area contributed by atoms with Crippen LogP contribution in [0.2, 0.25) is 0 Å². The molecule has 1 unspecified atom stereocenters. The van der Waals surface area contributed by atoms with Crippen LogP contribution in [0.4, 0.5) is 0 Å². The molecule has 5 heteroatoms. The van der Waals surface area contributed by atoms with E-state index in [0.717, 1.165) is 26.0 Å². The number of ether oxygens (including phenoxy) is 1. The normalized spacial score (nSPS) is 21.5. The van der Waals surface area contributed by atoms with Gasteiger partial charge in [0.05, 0.1) is 12.6 Å². The lowest BCUT2D eigenvalue weighted by atomic mass is 10.1. The molecule has 1 N–H and O–H groups in total. The number of aromatic nitrogens is 2. The van der Waals surface area contributed by atoms with Gasteiger partial charge in [-0.3, -0.25) is 9.78 Å². The lowest BCUT2D eigenvalue weighted by Crippen LogP contribution is -2.25. The highest BCUT2D eigenvalue weighted by Gasteiger charge is 2.14. The average Bonchev–Trinajstić information content (AvgIpc) is 2.24. The van der Waals surface area contributed by atoms with E-state index in [4.69, 9.17) is 17.0 Å². The fraction of sp³-hybridized carbons (Fsp3) is 0.600. The van der Waals surface area contributed by atoms with Crippen molar-refractivity contribution in [2.45, 2.75) is 31.9 Å². The summed E-state index contributed by atoms with van der Waals surface area (Å²) in [6.45, 7) is 1.57. The SMILES string of the molecule is O=c1ccn(CC2CCCCO2)c(=S)[nH]1. The van der Waals surface area contributed by atoms with Crippen molar-refractivity contribution in [1.29, 1.82) is 0 Å². The van der Waals surface area contributed by atoms with Crippen LogP contribution in [0.3, 0.4) is 0 Å². The van der Waals surface area contributed by atoms with Gasteiger partial charge in [-0.25, -0.2) is 0 Å². The summed E-state index contributed by atoms with van der Waals surface area (Å²) < 4.78 is 7.93. The standard InChI is InChI=1S/C10H14N2O2S/c13-9-4-5-12(10(15)11-9)7-8-3-1-2-6-14-8/h4-5,8H,1-3,6-7H2,(H,11,13,15). The summed E-state index contributed by atoms with van der Waals surface area (Å²) >= 11 is 5.06. The number of hydrogen-bond donors (Lipinski definition) is 1. The molecule has 0 amide bonds. The van der Waals surface area contributed by atoms with Crippen LogP contribution in [0.5, 0.6) is 0 Å². The molecular weight excluding hydrogens is 212 g/mol. The van der Waals surface area contributed by atoms with Crippen LogP contribution < -0.4 is 5.56 Å². The maximum atomic E-state index is 11.0. The van der Waals surface area contributed by atoms with E-state index in [1.54, 1.807) is 6.20 Å². The zero-order chi connectivity index (χ0) is 10.7. The lowest BCUT2D eigenvalue weighted by molar-refractivity contribution is 0.00550. The fourth-order valence-electron chi connectivity index (χ4n) is 1.76. The number of rotatable bonds is 2. The van der Waals surface area contributed by atoms with Crippen LogP contribution in [-0.4, -0.2) is 22.3 Å². The molecule has 1 aromatic heterocycles. The highest BCUT2D eigenvalue weighted by molar-refractivity contribution is 7.71. The zero-order valence-corrected chi connectivity index (χ0v) is 9.26. The van der Waals surface area contributed by atoms with Crippen molar-refractivity contribution >= 4 is 12.2 Å². The summed E-state index contributed by atoms with van der Waals surface area (Å²) in [4.78, 5) is 13.6. The van der Waals surface area contributed by atoms with Gasteiger partial charge in [-0.2, -0.15) is 0 Å². The Bertz CT molecular complexity index is 432. The molecule has 1 aromatic rings. The molecule has 2 heterocycles. The van der Waals surface area contributed by atoms with Crippen LogP contribution in [0.15, 0.2) is 17.1 Å². The van der Waals surface area contributed by atoms with E-state index >= 15 is 0 Å². The van der Waals surface area contributed by atoms with E-state index in [0.29, 0.717) is 4.77 Å². The minimum Gasteiger partial charge on any atom is -0.376 e. The second kappa shape index (κ2) is 4.72. The summed E-state index contributed by atoms with van der Waals surface area (Å²) in [6.07, 6.45) is 5.38. The Hall–Kier alpha value is -0.940. The van der Waals surface area contributed by atoms with Gasteiger partial charge < -0.3 is 9.30 Å². The summed E-state index contributed by atoms with van der Waals surface area (Å²) in [5.74, 6) is 0. The van der Waals surface area contributed by atoms with Crippen LogP contribution in [-0.2, 0) is 11.3 Å². The zero-order valence-electron chi connectivity index (χ0n) is 8.44. The number of nitrogens with one attached hydrogen (secondary N) is 1. The maximum Gasteiger partial charge on any atom is 0.251 e. The average molecular weight is 226 g/mol. The number of hydrogen-bond acceptors (Lipinski definition) is 3. The molecule has 4 nitrogen and oxygen atoms in total. The van der Waals surface area contributed by atoms with E-state index in [2.05, 4.69) is 4.98 Å². The Labute approximate surface area is 92.9 Å². The van der Waals surface area contributed by atoms with Crippen molar-refractivity contribution in [3.8, 4) is 0 Å². The van der Waals surface area contributed by atoms with Gasteiger partial charge in [0, 0.05) is 18.9 Å². The first-order chi connectivity index (χ1) is 7.25. The third kappa shape index (κ3) is 2.76. The molecule has 1 aliphatic rings. The first kappa shape index (κ1) is 10.6. The van der Waals surface area contributed by atoms with Crippen molar-refractivity contribution in [2.24, 2.45) is 0 Å². The second-order valence-electron chi connectivity index (χ2n) is 3.75. The van der Waals surface area contributed by atoms with E-state index in [1.807, 2.05) is 4.57 Å². The Morgan fingerprint density at radius 1 is 1.60 bits per heavy atom. The molecule has 0 aliphatic carbocycles. The molecule has 1 aliphatic heterocycles. The molecule has 82 valence electrons. The highest BCUT2D eigenvalue weighted by Crippen LogP contribution is 2.14. The summed E-state index contributed by atoms with van der Waals surface area (Å²) in [5.41, 5.74) is -0.152. The molecule has 0 saturated carbocycles. The van der Waals surface area contributed by atoms with Crippen molar-refractivity contribution in [3.05, 3.63) is 27.4 Å². The predicted octanol–water partition coefficient (Wildman–Crippen LogP) is 1.47. The minimum absolute atomic E-state index is 0.152. The first-order valence-electron chi connectivity index (χ1n) is 5.17. The van der Waals surface area contributed by atoms with Gasteiger partial charge >= 0.3 is 0 Å². The smallest absolute Gasteiger partial charge is 0.251 e. The van der Waals surface area contributed by atoms with E-state index in [9.17, 15) is 4.79 Å². The van der Waals surface area contributed by atoms with Crippen molar-refractivity contribution in [1.82, 2.24) is 9.55 Å².